The maximum Gasteiger partial charge on any atom is 0.475 e. The molecule has 1 amide bonds. The molecule has 1 fully saturated rings. The van der Waals surface area contributed by atoms with Gasteiger partial charge in [0.1, 0.15) is 24.4 Å². The Kier molecular flexibility index (Phi) is 33.6. The lowest BCUT2D eigenvalue weighted by Gasteiger charge is -2.46. The molecule has 1 rings (SSSR count). The van der Waals surface area contributed by atoms with Gasteiger partial charge in [-0.3, -0.25) is 23.8 Å². The Morgan fingerprint density at radius 1 is 0.817 bits per heavy atom. The van der Waals surface area contributed by atoms with Crippen molar-refractivity contribution in [2.75, 3.05) is 40.6 Å². The topological polar surface area (TPSA) is 144 Å². The summed E-state index contributed by atoms with van der Waals surface area (Å²) in [6, 6.07) is -1.14. The fourth-order valence-corrected chi connectivity index (χ4v) is 8.26. The second-order valence-corrected chi connectivity index (χ2v) is 19.1. The highest BCUT2D eigenvalue weighted by Gasteiger charge is 2.53. The smallest absolute Gasteiger partial charge is 0.446 e. The summed E-state index contributed by atoms with van der Waals surface area (Å²) in [7, 11) is -1.21. The van der Waals surface area contributed by atoms with Gasteiger partial charge in [0, 0.05) is 27.2 Å². The number of methoxy groups -OCH3 is 2. The summed E-state index contributed by atoms with van der Waals surface area (Å²) in [6.45, 7) is 11.4. The zero-order valence-electron chi connectivity index (χ0n) is 37.0. The Morgan fingerprint density at radius 2 is 1.37 bits per heavy atom. The number of carbonyl (C=O) groups excluding carboxylic acids is 1. The van der Waals surface area contributed by atoms with E-state index in [9.17, 15) is 9.36 Å². The molecule has 16 heteroatoms. The van der Waals surface area contributed by atoms with E-state index in [1.165, 1.54) is 70.6 Å². The summed E-state index contributed by atoms with van der Waals surface area (Å²) in [5.41, 5.74) is 0. The van der Waals surface area contributed by atoms with Crippen LogP contribution in [0.5, 0.6) is 0 Å². The van der Waals surface area contributed by atoms with Gasteiger partial charge in [-0.25, -0.2) is 4.57 Å². The summed E-state index contributed by atoms with van der Waals surface area (Å²) in [5.74, 6) is -1.05. The van der Waals surface area contributed by atoms with Crippen molar-refractivity contribution in [1.82, 2.24) is 5.32 Å². The van der Waals surface area contributed by atoms with Crippen LogP contribution in [0.4, 0.5) is 0 Å². The Balaban J connectivity index is 3.20. The van der Waals surface area contributed by atoms with Crippen LogP contribution in [0.1, 0.15) is 149 Å². The molecule has 12 nitrogen and oxygen atoms in total. The SMILES string of the molecule is C=CCOP(=O)(OCC=C)O[C@H]1[C@H](OCC[C@@H](CCCCCCC)OC)[C@@H](NC(=O)CCCCCCCCCC=CCCCCCC)C(OC(=N)C(Cl)(Cl)Cl)O[C@@H]1COC. The normalized spacial score (nSPS) is 20.3. The van der Waals surface area contributed by atoms with E-state index in [1.807, 2.05) is 0 Å². The number of ether oxygens (including phenoxy) is 5. The minimum Gasteiger partial charge on any atom is -0.446 e. The summed E-state index contributed by atoms with van der Waals surface area (Å²) >= 11 is 18.1. The van der Waals surface area contributed by atoms with Gasteiger partial charge >= 0.3 is 7.82 Å². The van der Waals surface area contributed by atoms with Crippen molar-refractivity contribution < 1.29 is 46.6 Å². The average Bonchev–Trinajstić information content (AvgIpc) is 3.21. The number of alkyl halides is 3. The Labute approximate surface area is 377 Å². The molecule has 60 heavy (non-hydrogen) atoms. The first-order valence-electron chi connectivity index (χ1n) is 22.2. The Bertz CT molecular complexity index is 1210. The number of phosphoric acid groups is 1. The molecule has 1 heterocycles. The van der Waals surface area contributed by atoms with E-state index >= 15 is 0 Å². The molecule has 0 aromatic carbocycles. The van der Waals surface area contributed by atoms with Gasteiger partial charge in [0.05, 0.1) is 25.9 Å². The molecule has 0 saturated carbocycles. The lowest BCUT2D eigenvalue weighted by Crippen LogP contribution is -2.66. The molecule has 0 aliphatic carbocycles. The first-order chi connectivity index (χ1) is 28.9. The van der Waals surface area contributed by atoms with Crippen LogP contribution in [0, 0.1) is 5.41 Å². The number of hydrogen-bond acceptors (Lipinski definition) is 11. The van der Waals surface area contributed by atoms with Crippen molar-refractivity contribution >= 4 is 54.4 Å². The molecule has 1 aliphatic rings. The van der Waals surface area contributed by atoms with Gasteiger partial charge < -0.3 is 29.0 Å². The van der Waals surface area contributed by atoms with Crippen molar-refractivity contribution in [1.29, 1.82) is 5.41 Å². The molecule has 1 unspecified atom stereocenters. The minimum absolute atomic E-state index is 0.0990. The van der Waals surface area contributed by atoms with E-state index in [-0.39, 0.29) is 44.9 Å². The fraction of sp³-hybridized carbons (Fsp3) is 0.818. The molecule has 0 bridgehead atoms. The highest BCUT2D eigenvalue weighted by Crippen LogP contribution is 2.52. The standard InChI is InChI=1S/C44H78Cl3N2O10P/c1-7-11-13-15-16-17-18-19-20-21-22-23-24-26-28-30-38(50)49-39-41(54-34-31-36(53-6)29-27-25-14-12-8-2)40(59-60(51,55-32-9-3)56-33-10-4)37(35-52-5)57-42(39)58-43(48)44(45,46)47/h9-10,17-18,36-37,39-42,48H,3-4,7-8,11-16,19-35H2,1-2,5-6H3,(H,49,50)/t36-,37-,39-,40-,41-,42?/m1/s1. The molecular formula is C44H78Cl3N2O10P. The summed E-state index contributed by atoms with van der Waals surface area (Å²) in [6.07, 6.45) is 24.4. The first kappa shape index (κ1) is 57.0. The number of halogens is 3. The van der Waals surface area contributed by atoms with Gasteiger partial charge in [0.25, 0.3) is 3.79 Å². The van der Waals surface area contributed by atoms with Crippen LogP contribution in [0.3, 0.4) is 0 Å². The number of rotatable bonds is 38. The fourth-order valence-electron chi connectivity index (χ4n) is 6.80. The van der Waals surface area contributed by atoms with Crippen LogP contribution >= 0.6 is 42.6 Å². The summed E-state index contributed by atoms with van der Waals surface area (Å²) in [4.78, 5) is 13.7. The van der Waals surface area contributed by atoms with Crippen LogP contribution in [-0.2, 0) is 46.6 Å². The second kappa shape index (κ2) is 35.3. The van der Waals surface area contributed by atoms with Crippen molar-refractivity contribution in [3.63, 3.8) is 0 Å². The largest absolute Gasteiger partial charge is 0.475 e. The molecule has 0 spiro atoms. The van der Waals surface area contributed by atoms with E-state index in [0.29, 0.717) is 12.8 Å². The van der Waals surface area contributed by atoms with Crippen molar-refractivity contribution in [2.24, 2.45) is 0 Å². The lowest BCUT2D eigenvalue weighted by atomic mass is 9.96. The maximum absolute atomic E-state index is 14.1. The third-order valence-corrected chi connectivity index (χ3v) is 12.1. The maximum atomic E-state index is 14.1. The molecule has 350 valence electrons. The number of carbonyl (C=O) groups is 1. The number of hydrogen-bond donors (Lipinski definition) is 2. The van der Waals surface area contributed by atoms with Crippen molar-refractivity contribution in [3.05, 3.63) is 37.5 Å². The number of nitrogens with one attached hydrogen (secondary N) is 2. The molecule has 0 aromatic rings. The van der Waals surface area contributed by atoms with E-state index < -0.39 is 48.2 Å². The number of allylic oxidation sites excluding steroid dienone is 2. The van der Waals surface area contributed by atoms with Crippen LogP contribution < -0.4 is 5.32 Å². The predicted molar refractivity (Wildman–Crippen MR) is 244 cm³/mol. The second-order valence-electron chi connectivity index (χ2n) is 15.2. The summed E-state index contributed by atoms with van der Waals surface area (Å²) < 4.78 is 59.0. The van der Waals surface area contributed by atoms with Crippen LogP contribution in [0.2, 0.25) is 0 Å². The molecule has 1 saturated heterocycles. The van der Waals surface area contributed by atoms with Crippen molar-refractivity contribution in [3.8, 4) is 0 Å². The van der Waals surface area contributed by atoms with Gasteiger partial charge in [-0.15, -0.1) is 13.2 Å². The Morgan fingerprint density at radius 3 is 1.92 bits per heavy atom. The Hall–Kier alpha value is -1.02. The first-order valence-corrected chi connectivity index (χ1v) is 24.8. The molecular weight excluding hydrogens is 854 g/mol. The lowest BCUT2D eigenvalue weighted by molar-refractivity contribution is -0.256. The number of amides is 1. The third-order valence-electron chi connectivity index (χ3n) is 10.1. The summed E-state index contributed by atoms with van der Waals surface area (Å²) in [5, 5.41) is 11.4. The van der Waals surface area contributed by atoms with E-state index in [2.05, 4.69) is 44.5 Å². The van der Waals surface area contributed by atoms with Crippen LogP contribution in [-0.4, -0.2) is 93.0 Å². The number of unbranched alkanes of at least 4 members (excludes halogenated alkanes) is 15. The predicted octanol–water partition coefficient (Wildman–Crippen LogP) is 12.3. The molecule has 1 aliphatic heterocycles. The van der Waals surface area contributed by atoms with Crippen molar-refractivity contribution in [2.45, 2.75) is 189 Å². The zero-order chi connectivity index (χ0) is 44.5. The van der Waals surface area contributed by atoms with E-state index in [0.717, 1.165) is 64.2 Å². The van der Waals surface area contributed by atoms with E-state index in [1.54, 1.807) is 7.11 Å². The van der Waals surface area contributed by atoms with Gasteiger partial charge in [-0.1, -0.05) is 156 Å². The zero-order valence-corrected chi connectivity index (χ0v) is 40.2. The quantitative estimate of drug-likeness (QED) is 0.0153. The van der Waals surface area contributed by atoms with Gasteiger partial charge in [0.15, 0.2) is 0 Å². The van der Waals surface area contributed by atoms with Crippen LogP contribution in [0.25, 0.3) is 0 Å². The van der Waals surface area contributed by atoms with Crippen LogP contribution in [0.15, 0.2) is 37.5 Å². The highest BCUT2D eigenvalue weighted by molar-refractivity contribution is 7.48. The molecule has 2 N–H and O–H groups in total. The highest BCUT2D eigenvalue weighted by atomic mass is 35.6. The monoisotopic (exact) mass is 930 g/mol. The molecule has 0 radical (unpaired) electrons. The molecule has 0 aromatic heterocycles. The van der Waals surface area contributed by atoms with Gasteiger partial charge in [-0.2, -0.15) is 0 Å². The number of phosphoric ester groups is 1. The minimum atomic E-state index is -4.33. The average molecular weight is 932 g/mol. The third kappa shape index (κ3) is 25.9. The van der Waals surface area contributed by atoms with E-state index in [4.69, 9.17) is 77.5 Å². The van der Waals surface area contributed by atoms with Gasteiger partial charge in [-0.05, 0) is 44.9 Å². The molecule has 6 atom stereocenters. The van der Waals surface area contributed by atoms with Gasteiger partial charge in [0.2, 0.25) is 18.1 Å².